The number of anilines is 1. The van der Waals surface area contributed by atoms with Crippen LogP contribution in [0.3, 0.4) is 0 Å². The van der Waals surface area contributed by atoms with Gasteiger partial charge in [-0.05, 0) is 102 Å². The molecular weight excluding hydrogens is 516 g/mol. The predicted molar refractivity (Wildman–Crippen MR) is 135 cm³/mol. The van der Waals surface area contributed by atoms with Gasteiger partial charge in [0.15, 0.2) is 10.9 Å². The summed E-state index contributed by atoms with van der Waals surface area (Å²) in [6.07, 6.45) is 6.97. The fourth-order valence-corrected chi connectivity index (χ4v) is 7.94. The number of phenols is 1. The standard InChI is InChI=1S/C26H29BrN2O4S/c1-13-11-28-25(34-13)29-22(32)6-5-17-19(12-30)24(33)26(2)8-7-15-16(23(17)26)4-3-14-9-21(31)20(27)10-18(14)15/h9-12,15-17,23,30-31H,3-8H2,1-2H3,(H,28,29,32)/b19-12-. The summed E-state index contributed by atoms with van der Waals surface area (Å²) in [4.78, 5) is 31.4. The highest BCUT2D eigenvalue weighted by atomic mass is 79.9. The molecule has 3 N–H and O–H groups in total. The minimum Gasteiger partial charge on any atom is -0.515 e. The molecule has 1 amide bonds. The van der Waals surface area contributed by atoms with E-state index in [-0.39, 0.29) is 35.7 Å². The van der Waals surface area contributed by atoms with Crippen molar-refractivity contribution < 1.29 is 19.8 Å². The molecule has 0 saturated heterocycles. The van der Waals surface area contributed by atoms with Crippen LogP contribution in [0.5, 0.6) is 5.75 Å². The van der Waals surface area contributed by atoms with E-state index in [1.807, 2.05) is 19.1 Å². The number of aromatic nitrogens is 1. The molecule has 3 aliphatic carbocycles. The van der Waals surface area contributed by atoms with Crippen LogP contribution in [0.1, 0.15) is 60.9 Å². The van der Waals surface area contributed by atoms with Crippen LogP contribution in [0.25, 0.3) is 0 Å². The van der Waals surface area contributed by atoms with E-state index in [2.05, 4.69) is 33.2 Å². The molecule has 0 radical (unpaired) electrons. The summed E-state index contributed by atoms with van der Waals surface area (Å²) in [6, 6.07) is 3.91. The zero-order valence-electron chi connectivity index (χ0n) is 19.3. The smallest absolute Gasteiger partial charge is 0.226 e. The lowest BCUT2D eigenvalue weighted by Crippen LogP contribution is -2.44. The van der Waals surface area contributed by atoms with Crippen molar-refractivity contribution in [3.8, 4) is 5.75 Å². The topological polar surface area (TPSA) is 99.5 Å². The molecular formula is C26H29BrN2O4S. The summed E-state index contributed by atoms with van der Waals surface area (Å²) < 4.78 is 0.698. The Kier molecular flexibility index (Phi) is 6.09. The number of ketones is 1. The van der Waals surface area contributed by atoms with Crippen LogP contribution < -0.4 is 5.32 Å². The number of benzene rings is 1. The average molecular weight is 545 g/mol. The summed E-state index contributed by atoms with van der Waals surface area (Å²) in [6.45, 7) is 4.00. The fraction of sp³-hybridized carbons (Fsp3) is 0.500. The number of nitrogens with zero attached hydrogens (tertiary/aromatic N) is 1. The lowest BCUT2D eigenvalue weighted by molar-refractivity contribution is -0.127. The summed E-state index contributed by atoms with van der Waals surface area (Å²) in [5.41, 5.74) is 2.40. The highest BCUT2D eigenvalue weighted by Crippen LogP contribution is 2.63. The third-order valence-corrected chi connectivity index (χ3v) is 9.81. The molecule has 3 aliphatic rings. The molecule has 1 aromatic heterocycles. The first kappa shape index (κ1) is 23.5. The SMILES string of the molecule is Cc1cnc(NC(=O)CCC2/C(=C/O)C(=O)C3(C)CCC4c5cc(Br)c(O)cc5CCC4C23)s1. The minimum absolute atomic E-state index is 0.0390. The molecule has 0 spiro atoms. The van der Waals surface area contributed by atoms with Gasteiger partial charge in [-0.3, -0.25) is 9.59 Å². The van der Waals surface area contributed by atoms with Crippen LogP contribution in [0, 0.1) is 30.1 Å². The summed E-state index contributed by atoms with van der Waals surface area (Å²) in [5.74, 6) is 0.705. The van der Waals surface area contributed by atoms with Gasteiger partial charge < -0.3 is 15.5 Å². The highest BCUT2D eigenvalue weighted by Gasteiger charge is 2.60. The fourth-order valence-electron chi connectivity index (χ4n) is 6.90. The maximum Gasteiger partial charge on any atom is 0.226 e. The number of aliphatic hydroxyl groups excluding tert-OH is 1. The number of Topliss-reactive ketones (excluding diaryl/α,β-unsaturated/α-hetero) is 1. The Bertz CT molecular complexity index is 1190. The van der Waals surface area contributed by atoms with Crippen LogP contribution in [0.4, 0.5) is 5.13 Å². The van der Waals surface area contributed by atoms with E-state index >= 15 is 0 Å². The molecule has 2 fully saturated rings. The Labute approximate surface area is 211 Å². The molecule has 5 rings (SSSR count). The Morgan fingerprint density at radius 1 is 1.38 bits per heavy atom. The summed E-state index contributed by atoms with van der Waals surface area (Å²) in [7, 11) is 0. The van der Waals surface area contributed by atoms with E-state index in [0.29, 0.717) is 33.4 Å². The van der Waals surface area contributed by atoms with Crippen molar-refractivity contribution >= 4 is 44.1 Å². The number of aliphatic hydroxyl groups is 1. The van der Waals surface area contributed by atoms with E-state index in [1.54, 1.807) is 6.20 Å². The Morgan fingerprint density at radius 2 is 2.18 bits per heavy atom. The van der Waals surface area contributed by atoms with Crippen molar-refractivity contribution in [2.75, 3.05) is 5.32 Å². The second kappa shape index (κ2) is 8.79. The van der Waals surface area contributed by atoms with Gasteiger partial charge in [0.05, 0.1) is 10.7 Å². The molecule has 5 atom stereocenters. The Hall–Kier alpha value is -2.19. The first-order chi connectivity index (χ1) is 16.2. The number of phenolic OH excluding ortho intramolecular Hbond substituents is 1. The largest absolute Gasteiger partial charge is 0.515 e. The maximum absolute atomic E-state index is 13.5. The van der Waals surface area contributed by atoms with Crippen LogP contribution >= 0.6 is 27.3 Å². The van der Waals surface area contributed by atoms with Gasteiger partial charge in [-0.1, -0.05) is 6.92 Å². The van der Waals surface area contributed by atoms with Crippen molar-refractivity contribution in [2.24, 2.45) is 23.2 Å². The molecule has 2 aromatic rings. The molecule has 1 heterocycles. The third-order valence-electron chi connectivity index (χ3n) is 8.35. The van der Waals surface area contributed by atoms with E-state index in [0.717, 1.165) is 36.8 Å². The van der Waals surface area contributed by atoms with E-state index in [1.165, 1.54) is 22.5 Å². The number of carbonyl (C=O) groups excluding carboxylic acids is 2. The number of hydrogen-bond acceptors (Lipinski definition) is 6. The lowest BCUT2D eigenvalue weighted by atomic mass is 9.54. The van der Waals surface area contributed by atoms with E-state index in [9.17, 15) is 19.8 Å². The zero-order chi connectivity index (χ0) is 24.2. The van der Waals surface area contributed by atoms with Gasteiger partial charge in [0.1, 0.15) is 5.75 Å². The second-order valence-electron chi connectivity index (χ2n) is 10.2. The molecule has 34 heavy (non-hydrogen) atoms. The number of fused-ring (bicyclic) bond motifs is 5. The van der Waals surface area contributed by atoms with Gasteiger partial charge in [0.25, 0.3) is 0 Å². The number of thiazole rings is 1. The van der Waals surface area contributed by atoms with Crippen LogP contribution in [0.2, 0.25) is 0 Å². The Balaban J connectivity index is 1.42. The normalized spacial score (nSPS) is 31.1. The number of carbonyl (C=O) groups is 2. The van der Waals surface area contributed by atoms with Crippen molar-refractivity contribution in [3.05, 3.63) is 50.6 Å². The molecule has 5 unspecified atom stereocenters. The van der Waals surface area contributed by atoms with Gasteiger partial charge >= 0.3 is 0 Å². The van der Waals surface area contributed by atoms with Crippen molar-refractivity contribution in [2.45, 2.75) is 58.3 Å². The molecule has 6 nitrogen and oxygen atoms in total. The van der Waals surface area contributed by atoms with Gasteiger partial charge in [-0.2, -0.15) is 0 Å². The van der Waals surface area contributed by atoms with Gasteiger partial charge in [0.2, 0.25) is 5.91 Å². The quantitative estimate of drug-likeness (QED) is 0.321. The molecule has 1 aromatic carbocycles. The van der Waals surface area contributed by atoms with Crippen LogP contribution in [-0.4, -0.2) is 26.9 Å². The number of aromatic hydroxyl groups is 1. The summed E-state index contributed by atoms with van der Waals surface area (Å²) in [5, 5.41) is 23.7. The number of amides is 1. The van der Waals surface area contributed by atoms with Crippen LogP contribution in [-0.2, 0) is 16.0 Å². The Morgan fingerprint density at radius 3 is 2.88 bits per heavy atom. The highest BCUT2D eigenvalue weighted by molar-refractivity contribution is 9.10. The summed E-state index contributed by atoms with van der Waals surface area (Å²) >= 11 is 4.91. The zero-order valence-corrected chi connectivity index (χ0v) is 21.7. The van der Waals surface area contributed by atoms with E-state index in [4.69, 9.17) is 0 Å². The van der Waals surface area contributed by atoms with Crippen molar-refractivity contribution in [3.63, 3.8) is 0 Å². The molecule has 0 bridgehead atoms. The predicted octanol–water partition coefficient (Wildman–Crippen LogP) is 6.04. The van der Waals surface area contributed by atoms with Gasteiger partial charge in [-0.15, -0.1) is 11.3 Å². The average Bonchev–Trinajstić information content (AvgIpc) is 3.30. The lowest BCUT2D eigenvalue weighted by Gasteiger charge is -2.49. The minimum atomic E-state index is -0.519. The second-order valence-corrected chi connectivity index (χ2v) is 12.3. The molecule has 8 heteroatoms. The first-order valence-electron chi connectivity index (χ1n) is 11.9. The number of nitrogens with one attached hydrogen (secondary N) is 1. The number of aryl methyl sites for hydroxylation is 2. The van der Waals surface area contributed by atoms with Crippen molar-refractivity contribution in [1.82, 2.24) is 4.98 Å². The van der Waals surface area contributed by atoms with Crippen LogP contribution in [0.15, 0.2) is 34.6 Å². The number of allylic oxidation sites excluding steroid dienone is 1. The van der Waals surface area contributed by atoms with Gasteiger partial charge in [0, 0.05) is 28.5 Å². The first-order valence-corrected chi connectivity index (χ1v) is 13.5. The monoisotopic (exact) mass is 544 g/mol. The molecule has 0 aliphatic heterocycles. The third kappa shape index (κ3) is 3.79. The molecule has 2 saturated carbocycles. The van der Waals surface area contributed by atoms with Crippen molar-refractivity contribution in [1.29, 1.82) is 0 Å². The molecule has 180 valence electrons. The van der Waals surface area contributed by atoms with E-state index < -0.39 is 5.41 Å². The number of rotatable bonds is 4. The number of hydrogen-bond donors (Lipinski definition) is 3. The number of halogens is 1. The van der Waals surface area contributed by atoms with Gasteiger partial charge in [-0.25, -0.2) is 4.98 Å². The maximum atomic E-state index is 13.5.